The summed E-state index contributed by atoms with van der Waals surface area (Å²) in [5.74, 6) is 2.47. The molecule has 0 aliphatic carbocycles. The van der Waals surface area contributed by atoms with Gasteiger partial charge in [0.2, 0.25) is 0 Å². The van der Waals surface area contributed by atoms with Crippen molar-refractivity contribution in [1.82, 2.24) is 0 Å². The summed E-state index contributed by atoms with van der Waals surface area (Å²) in [7, 11) is 4.00. The summed E-state index contributed by atoms with van der Waals surface area (Å²) in [6.45, 7) is 0. The molecule has 0 saturated carbocycles. The topological polar surface area (TPSA) is 27.1 Å². The van der Waals surface area contributed by atoms with Gasteiger partial charge in [-0.05, 0) is 29.1 Å². The van der Waals surface area contributed by atoms with E-state index >= 15 is 0 Å². The highest BCUT2D eigenvalue weighted by atomic mass is 32.1. The second-order valence-corrected chi connectivity index (χ2v) is 5.04. The molecule has 2 aromatic rings. The molecule has 0 heterocycles. The van der Waals surface area contributed by atoms with Crippen LogP contribution in [0.3, 0.4) is 0 Å². The van der Waals surface area contributed by atoms with E-state index in [1.807, 2.05) is 73.6 Å². The van der Waals surface area contributed by atoms with E-state index in [1.54, 1.807) is 0 Å². The molecule has 3 heteroatoms. The van der Waals surface area contributed by atoms with Crippen molar-refractivity contribution in [2.75, 3.05) is 19.0 Å². The van der Waals surface area contributed by atoms with Gasteiger partial charge >= 0.3 is 0 Å². The normalized spacial score (nSPS) is 9.70. The van der Waals surface area contributed by atoms with Crippen LogP contribution in [0.1, 0.15) is 11.1 Å². The molecular formula is C17H16N2S. The van der Waals surface area contributed by atoms with Crippen LogP contribution >= 0.6 is 12.2 Å². The van der Waals surface area contributed by atoms with Gasteiger partial charge in [-0.15, -0.1) is 0 Å². The summed E-state index contributed by atoms with van der Waals surface area (Å²) in [4.78, 5) is 2.69. The fourth-order valence-corrected chi connectivity index (χ4v) is 2.23. The third kappa shape index (κ3) is 3.02. The molecule has 0 aliphatic heterocycles. The molecule has 0 radical (unpaired) electrons. The number of nitrogens with zero attached hydrogens (tertiary/aromatic N) is 1. The van der Waals surface area contributed by atoms with E-state index in [0.29, 0.717) is 10.4 Å². The van der Waals surface area contributed by atoms with Crippen LogP contribution in [0.25, 0.3) is 5.57 Å². The third-order valence-electron chi connectivity index (χ3n) is 3.06. The molecule has 2 nitrogen and oxygen atoms in total. The largest absolute Gasteiger partial charge is 0.378 e. The van der Waals surface area contributed by atoms with Gasteiger partial charge in [-0.25, -0.2) is 0 Å². The molecule has 0 aliphatic rings. The lowest BCUT2D eigenvalue weighted by Gasteiger charge is -2.13. The second-order valence-electron chi connectivity index (χ2n) is 4.64. The lowest BCUT2D eigenvalue weighted by Crippen LogP contribution is -2.09. The Morgan fingerprint density at radius 2 is 1.55 bits per heavy atom. The Morgan fingerprint density at radius 1 is 0.950 bits per heavy atom. The van der Waals surface area contributed by atoms with E-state index in [0.717, 1.165) is 16.8 Å². The molecule has 100 valence electrons. The number of hydrogen-bond donors (Lipinski definition) is 1. The monoisotopic (exact) mass is 280 g/mol. The molecule has 2 rings (SSSR count). The van der Waals surface area contributed by atoms with Crippen molar-refractivity contribution in [3.8, 4) is 0 Å². The van der Waals surface area contributed by atoms with Gasteiger partial charge < -0.3 is 4.90 Å². The highest BCUT2D eigenvalue weighted by Crippen LogP contribution is 2.20. The minimum Gasteiger partial charge on any atom is -0.378 e. The molecular weight excluding hydrogens is 264 g/mol. The number of nitrogens with one attached hydrogen (secondary N) is 1. The Balaban J connectivity index is 2.33. The Morgan fingerprint density at radius 3 is 2.05 bits per heavy atom. The first-order chi connectivity index (χ1) is 9.63. The van der Waals surface area contributed by atoms with Crippen molar-refractivity contribution < 1.29 is 0 Å². The van der Waals surface area contributed by atoms with Gasteiger partial charge in [-0.3, -0.25) is 5.41 Å². The van der Waals surface area contributed by atoms with Crippen LogP contribution in [-0.2, 0) is 0 Å². The van der Waals surface area contributed by atoms with Crippen molar-refractivity contribution in [1.29, 1.82) is 5.41 Å². The Kier molecular flexibility index (Phi) is 4.46. The SMILES string of the molecule is CN(C)c1ccc(C(=S)C(=C=N)c2ccccc2)cc1. The fraction of sp³-hybridized carbons (Fsp3) is 0.118. The minimum absolute atomic E-state index is 0.650. The van der Waals surface area contributed by atoms with Crippen LogP contribution in [-0.4, -0.2) is 24.8 Å². The van der Waals surface area contributed by atoms with Crippen molar-refractivity contribution >= 4 is 34.2 Å². The van der Waals surface area contributed by atoms with E-state index in [4.69, 9.17) is 17.6 Å². The van der Waals surface area contributed by atoms with E-state index < -0.39 is 0 Å². The van der Waals surface area contributed by atoms with E-state index in [9.17, 15) is 0 Å². The maximum Gasteiger partial charge on any atom is 0.0621 e. The van der Waals surface area contributed by atoms with Gasteiger partial charge in [0.1, 0.15) is 0 Å². The van der Waals surface area contributed by atoms with Crippen LogP contribution in [0.4, 0.5) is 5.69 Å². The Labute approximate surface area is 124 Å². The van der Waals surface area contributed by atoms with E-state index in [1.165, 1.54) is 0 Å². The molecule has 0 saturated heterocycles. The average molecular weight is 280 g/mol. The predicted octanol–water partition coefficient (Wildman–Crippen LogP) is 3.80. The van der Waals surface area contributed by atoms with Gasteiger partial charge in [0.25, 0.3) is 0 Å². The van der Waals surface area contributed by atoms with Crippen molar-refractivity contribution in [2.24, 2.45) is 0 Å². The summed E-state index contributed by atoms with van der Waals surface area (Å²) >= 11 is 5.50. The maximum absolute atomic E-state index is 7.50. The smallest absolute Gasteiger partial charge is 0.0621 e. The Hall–Kier alpha value is -2.22. The average Bonchev–Trinajstić information content (AvgIpc) is 2.49. The Bertz CT molecular complexity index is 651. The van der Waals surface area contributed by atoms with Crippen molar-refractivity contribution in [3.63, 3.8) is 0 Å². The maximum atomic E-state index is 7.50. The highest BCUT2D eigenvalue weighted by molar-refractivity contribution is 7.82. The number of anilines is 1. The number of rotatable bonds is 4. The second kappa shape index (κ2) is 6.29. The molecule has 20 heavy (non-hydrogen) atoms. The molecule has 0 unspecified atom stereocenters. The zero-order valence-corrected chi connectivity index (χ0v) is 12.4. The molecule has 1 N–H and O–H groups in total. The van der Waals surface area contributed by atoms with Crippen LogP contribution in [0, 0.1) is 5.41 Å². The van der Waals surface area contributed by atoms with E-state index in [-0.39, 0.29) is 0 Å². The first kappa shape index (κ1) is 14.2. The summed E-state index contributed by atoms with van der Waals surface area (Å²) in [5.41, 5.74) is 3.63. The predicted molar refractivity (Wildman–Crippen MR) is 90.0 cm³/mol. The van der Waals surface area contributed by atoms with Crippen LogP contribution in [0.5, 0.6) is 0 Å². The summed E-state index contributed by atoms with van der Waals surface area (Å²) in [5, 5.41) is 7.50. The van der Waals surface area contributed by atoms with Crippen molar-refractivity contribution in [2.45, 2.75) is 0 Å². The minimum atomic E-state index is 0.650. The summed E-state index contributed by atoms with van der Waals surface area (Å²) < 4.78 is 0. The first-order valence-corrected chi connectivity index (χ1v) is 6.71. The number of hydrogen-bond acceptors (Lipinski definition) is 3. The van der Waals surface area contributed by atoms with Gasteiger partial charge in [0, 0.05) is 19.8 Å². The third-order valence-corrected chi connectivity index (χ3v) is 3.50. The summed E-state index contributed by atoms with van der Waals surface area (Å²) in [6, 6.07) is 17.7. The molecule has 2 aromatic carbocycles. The number of benzene rings is 2. The molecule has 0 spiro atoms. The van der Waals surface area contributed by atoms with Gasteiger partial charge in [0.05, 0.1) is 10.4 Å². The summed E-state index contributed by atoms with van der Waals surface area (Å²) in [6.07, 6.45) is 0. The molecule has 0 fully saturated rings. The molecule has 0 bridgehead atoms. The van der Waals surface area contributed by atoms with E-state index in [2.05, 4.69) is 5.87 Å². The zero-order chi connectivity index (χ0) is 14.5. The molecule has 0 atom stereocenters. The lowest BCUT2D eigenvalue weighted by molar-refractivity contribution is 1.13. The van der Waals surface area contributed by atoms with Gasteiger partial charge in [-0.2, -0.15) is 0 Å². The van der Waals surface area contributed by atoms with Crippen LogP contribution in [0.15, 0.2) is 54.6 Å². The number of thiocarbonyl (C=S) groups is 1. The van der Waals surface area contributed by atoms with Crippen LogP contribution < -0.4 is 4.90 Å². The quantitative estimate of drug-likeness (QED) is 0.399. The van der Waals surface area contributed by atoms with Gasteiger partial charge in [0.15, 0.2) is 0 Å². The number of allylic oxidation sites excluding steroid dienone is 1. The molecule has 0 aromatic heterocycles. The lowest BCUT2D eigenvalue weighted by atomic mass is 9.99. The highest BCUT2D eigenvalue weighted by Gasteiger charge is 2.10. The first-order valence-electron chi connectivity index (χ1n) is 6.30. The zero-order valence-electron chi connectivity index (χ0n) is 11.6. The fourth-order valence-electron chi connectivity index (χ4n) is 1.92. The standard InChI is InChI=1S/C17H16N2S/c1-19(2)15-10-8-14(9-11-15)17(20)16(12-18)13-6-4-3-5-7-13/h3-11,18H,1-2H3. The van der Waals surface area contributed by atoms with Gasteiger partial charge in [-0.1, -0.05) is 54.7 Å². The molecule has 0 amide bonds. The van der Waals surface area contributed by atoms with Crippen LogP contribution in [0.2, 0.25) is 0 Å². The van der Waals surface area contributed by atoms with Crippen molar-refractivity contribution in [3.05, 3.63) is 65.7 Å².